The molecule has 1 saturated carbocycles. The molecule has 0 radical (unpaired) electrons. The highest BCUT2D eigenvalue weighted by atomic mass is 16.3. The van der Waals surface area contributed by atoms with E-state index in [9.17, 15) is 39.6 Å². The number of likely N-dealkylation sites (N-methyl/N-ethyl adjacent to an activating group) is 1. The van der Waals surface area contributed by atoms with Crippen LogP contribution in [-0.2, 0) is 32.0 Å². The maximum Gasteiger partial charge on any atom is 0.202 e. The molecule has 3 atom stereocenters. The van der Waals surface area contributed by atoms with Crippen LogP contribution in [0.3, 0.4) is 0 Å². The molecule has 0 aromatic heterocycles. The number of nitrogens with zero attached hydrogens (tertiary/aromatic N) is 2. The minimum Gasteiger partial charge on any atom is -0.508 e. The van der Waals surface area contributed by atoms with Gasteiger partial charge in [-0.05, 0) is 63.4 Å². The predicted molar refractivity (Wildman–Crippen MR) is 139 cm³/mol. The van der Waals surface area contributed by atoms with E-state index >= 15 is 0 Å². The van der Waals surface area contributed by atoms with Crippen LogP contribution >= 0.6 is 0 Å². The number of aryl methyl sites for hydroxylation is 1. The molecule has 1 aromatic carbocycles. The van der Waals surface area contributed by atoms with Crippen LogP contribution in [0.25, 0.3) is 5.76 Å². The second-order valence-corrected chi connectivity index (χ2v) is 11.0. The molecule has 0 saturated heterocycles. The van der Waals surface area contributed by atoms with Crippen LogP contribution in [0.1, 0.15) is 42.9 Å². The molecule has 1 fully saturated rings. The van der Waals surface area contributed by atoms with Crippen LogP contribution in [0.15, 0.2) is 23.0 Å². The Morgan fingerprint density at radius 2 is 1.74 bits per heavy atom. The summed E-state index contributed by atoms with van der Waals surface area (Å²) in [5.74, 6) is -5.69. The van der Waals surface area contributed by atoms with E-state index < -0.39 is 51.9 Å². The average molecular weight is 527 g/mol. The van der Waals surface area contributed by atoms with Gasteiger partial charge in [0.15, 0.2) is 17.2 Å². The fourth-order valence-corrected chi connectivity index (χ4v) is 6.13. The highest BCUT2D eigenvalue weighted by Crippen LogP contribution is 2.53. The summed E-state index contributed by atoms with van der Waals surface area (Å²) in [5, 5.41) is 44.9. The number of hydrogen-bond acceptors (Lipinski definition) is 10. The number of phenolic OH excluding ortho intramolecular Hbond substituents is 1. The summed E-state index contributed by atoms with van der Waals surface area (Å²) in [4.78, 5) is 54.2. The predicted octanol–water partition coefficient (Wildman–Crippen LogP) is 1.66. The van der Waals surface area contributed by atoms with E-state index in [-0.39, 0.29) is 61.3 Å². The second kappa shape index (κ2) is 9.67. The summed E-state index contributed by atoms with van der Waals surface area (Å²) in [6, 6.07) is 1.77. The molecule has 0 spiro atoms. The summed E-state index contributed by atoms with van der Waals surface area (Å²) >= 11 is 0. The number of aliphatic hydroxyl groups excluding tert-OH is 2. The zero-order chi connectivity index (χ0) is 28.3. The highest BCUT2D eigenvalue weighted by Gasteiger charge is 2.60. The number of anilines is 1. The van der Waals surface area contributed by atoms with Gasteiger partial charge in [0, 0.05) is 44.1 Å². The standard InChI is InChI=1S/C28H34N2O8/c1-13(31)21-20(33)11-16-8-15-9-18-19(30(4)5)10-14(6-7-17(32)12-29(2)3)24(34)23(18)25(35)22(15)27(37)28(16,38)26(21)36/h10,15-16,34-36,38H,6-9,11-12H2,1-5H3/t15-,16+,28-/m0/s1. The van der Waals surface area contributed by atoms with Gasteiger partial charge >= 0.3 is 0 Å². The summed E-state index contributed by atoms with van der Waals surface area (Å²) < 4.78 is 0. The van der Waals surface area contributed by atoms with Crippen molar-refractivity contribution in [3.05, 3.63) is 39.7 Å². The molecular weight excluding hydrogens is 492 g/mol. The van der Waals surface area contributed by atoms with E-state index in [1.165, 1.54) is 0 Å². The van der Waals surface area contributed by atoms with Crippen LogP contribution < -0.4 is 4.90 Å². The van der Waals surface area contributed by atoms with E-state index in [0.29, 0.717) is 16.8 Å². The lowest BCUT2D eigenvalue weighted by atomic mass is 9.59. The quantitative estimate of drug-likeness (QED) is 0.385. The Morgan fingerprint density at radius 3 is 2.32 bits per heavy atom. The Kier molecular flexibility index (Phi) is 7.00. The number of carbonyl (C=O) groups is 4. The molecule has 4 rings (SSSR count). The number of benzene rings is 1. The fraction of sp³-hybridized carbons (Fsp3) is 0.500. The molecule has 3 aliphatic carbocycles. The summed E-state index contributed by atoms with van der Waals surface area (Å²) in [6.45, 7) is 1.32. The van der Waals surface area contributed by atoms with Crippen molar-refractivity contribution >= 4 is 34.6 Å². The Balaban J connectivity index is 1.85. The number of hydrogen-bond donors (Lipinski definition) is 4. The molecule has 0 amide bonds. The highest BCUT2D eigenvalue weighted by molar-refractivity contribution is 6.23. The lowest BCUT2D eigenvalue weighted by Crippen LogP contribution is -2.57. The summed E-state index contributed by atoms with van der Waals surface area (Å²) in [5.41, 5.74) is -1.50. The summed E-state index contributed by atoms with van der Waals surface area (Å²) in [6.07, 6.45) is 0.442. The Labute approximate surface area is 220 Å². The van der Waals surface area contributed by atoms with Crippen molar-refractivity contribution in [1.29, 1.82) is 0 Å². The third-order valence-electron chi connectivity index (χ3n) is 7.87. The number of rotatable bonds is 7. The number of Topliss-reactive ketones (excluding diaryl/α,β-unsaturated/α-hetero) is 4. The van der Waals surface area contributed by atoms with Gasteiger partial charge in [-0.15, -0.1) is 0 Å². The fourth-order valence-electron chi connectivity index (χ4n) is 6.13. The largest absolute Gasteiger partial charge is 0.508 e. The van der Waals surface area contributed by atoms with Crippen molar-refractivity contribution in [1.82, 2.24) is 4.90 Å². The number of ketones is 4. The van der Waals surface area contributed by atoms with Gasteiger partial charge < -0.3 is 30.2 Å². The molecule has 10 nitrogen and oxygen atoms in total. The average Bonchev–Trinajstić information content (AvgIpc) is 2.80. The maximum absolute atomic E-state index is 13.7. The van der Waals surface area contributed by atoms with Crippen LogP contribution in [0.2, 0.25) is 0 Å². The molecule has 0 unspecified atom stereocenters. The first-order valence-corrected chi connectivity index (χ1v) is 12.6. The van der Waals surface area contributed by atoms with Crippen LogP contribution in [-0.4, -0.2) is 88.8 Å². The van der Waals surface area contributed by atoms with Crippen LogP contribution in [0.4, 0.5) is 5.69 Å². The molecule has 4 N–H and O–H groups in total. The van der Waals surface area contributed by atoms with Crippen molar-refractivity contribution in [3.8, 4) is 5.75 Å². The van der Waals surface area contributed by atoms with Crippen molar-refractivity contribution in [3.63, 3.8) is 0 Å². The second-order valence-electron chi connectivity index (χ2n) is 11.0. The van der Waals surface area contributed by atoms with Gasteiger partial charge in [0.05, 0.1) is 12.1 Å². The van der Waals surface area contributed by atoms with E-state index in [1.807, 2.05) is 4.90 Å². The van der Waals surface area contributed by atoms with E-state index in [0.717, 1.165) is 6.92 Å². The number of allylic oxidation sites excluding steroid dienone is 1. The van der Waals surface area contributed by atoms with Crippen molar-refractivity contribution < 1.29 is 39.6 Å². The molecule has 38 heavy (non-hydrogen) atoms. The van der Waals surface area contributed by atoms with Gasteiger partial charge in [-0.2, -0.15) is 0 Å². The first kappa shape index (κ1) is 27.5. The van der Waals surface area contributed by atoms with Crippen LogP contribution in [0, 0.1) is 11.8 Å². The Bertz CT molecular complexity index is 1320. The topological polar surface area (TPSA) is 156 Å². The molecular formula is C28H34N2O8. The Morgan fingerprint density at radius 1 is 1.08 bits per heavy atom. The first-order valence-electron chi connectivity index (χ1n) is 12.6. The Hall–Kier alpha value is -3.50. The lowest BCUT2D eigenvalue weighted by molar-refractivity contribution is -0.147. The van der Waals surface area contributed by atoms with Crippen molar-refractivity contribution in [2.45, 2.75) is 44.6 Å². The zero-order valence-corrected chi connectivity index (χ0v) is 22.3. The molecule has 3 aliphatic rings. The lowest BCUT2D eigenvalue weighted by Gasteiger charge is -2.46. The van der Waals surface area contributed by atoms with Crippen molar-refractivity contribution in [2.75, 3.05) is 39.6 Å². The van der Waals surface area contributed by atoms with Gasteiger partial charge in [-0.25, -0.2) is 0 Å². The number of fused-ring (bicyclic) bond motifs is 3. The molecule has 204 valence electrons. The maximum atomic E-state index is 13.7. The van der Waals surface area contributed by atoms with E-state index in [2.05, 4.69) is 0 Å². The molecule has 0 bridgehead atoms. The number of aromatic hydroxyl groups is 1. The van der Waals surface area contributed by atoms with Gasteiger partial charge in [0.2, 0.25) is 5.78 Å². The third kappa shape index (κ3) is 4.21. The zero-order valence-electron chi connectivity index (χ0n) is 22.3. The van der Waals surface area contributed by atoms with Gasteiger partial charge in [-0.1, -0.05) is 0 Å². The molecule has 0 aliphatic heterocycles. The molecule has 0 heterocycles. The van der Waals surface area contributed by atoms with Gasteiger partial charge in [-0.3, -0.25) is 19.2 Å². The monoisotopic (exact) mass is 526 g/mol. The molecule has 10 heteroatoms. The van der Waals surface area contributed by atoms with E-state index in [1.54, 1.807) is 39.2 Å². The smallest absolute Gasteiger partial charge is 0.202 e. The number of phenols is 1. The number of carbonyl (C=O) groups excluding carboxylic acids is 4. The van der Waals surface area contributed by atoms with Gasteiger partial charge in [0.25, 0.3) is 0 Å². The minimum atomic E-state index is -2.53. The van der Waals surface area contributed by atoms with Crippen molar-refractivity contribution in [2.24, 2.45) is 11.8 Å². The van der Waals surface area contributed by atoms with E-state index in [4.69, 9.17) is 0 Å². The van der Waals surface area contributed by atoms with Crippen LogP contribution in [0.5, 0.6) is 5.75 Å². The molecule has 1 aromatic rings. The normalized spacial score (nSPS) is 24.8. The number of aliphatic hydroxyl groups is 3. The van der Waals surface area contributed by atoms with Gasteiger partial charge in [0.1, 0.15) is 28.6 Å². The summed E-state index contributed by atoms with van der Waals surface area (Å²) in [7, 11) is 7.18. The first-order chi connectivity index (χ1) is 17.7. The third-order valence-corrected chi connectivity index (χ3v) is 7.87. The SMILES string of the molecule is CC(=O)C1=C(O)[C@]2(O)C(=O)C3=C(O)c4c(O)c(CCC(=O)CN(C)C)cc(N(C)C)c4C[C@@H]3C[C@@H]2CC1=O. The minimum absolute atomic E-state index is 0.0210.